The lowest BCUT2D eigenvalue weighted by Gasteiger charge is -2.17. The summed E-state index contributed by atoms with van der Waals surface area (Å²) in [5.74, 6) is -0.332. The maximum absolute atomic E-state index is 12.3. The SMILES string of the molecule is COCCNCCNC(=O)C1CC(=O)N(c2cccc(SC)c2)C1. The number of hydrogen-bond acceptors (Lipinski definition) is 5. The first kappa shape index (κ1) is 18.8. The van der Waals surface area contributed by atoms with Gasteiger partial charge in [0, 0.05) is 50.3 Å². The van der Waals surface area contributed by atoms with Gasteiger partial charge in [0.1, 0.15) is 0 Å². The fourth-order valence-corrected chi connectivity index (χ4v) is 3.08. The number of thioether (sulfide) groups is 1. The average Bonchev–Trinajstić information content (AvgIpc) is 3.00. The van der Waals surface area contributed by atoms with E-state index in [1.54, 1.807) is 23.8 Å². The first-order chi connectivity index (χ1) is 11.7. The van der Waals surface area contributed by atoms with E-state index in [1.165, 1.54) is 0 Å². The van der Waals surface area contributed by atoms with E-state index in [-0.39, 0.29) is 24.2 Å². The van der Waals surface area contributed by atoms with Gasteiger partial charge in [-0.2, -0.15) is 0 Å². The summed E-state index contributed by atoms with van der Waals surface area (Å²) < 4.78 is 4.94. The van der Waals surface area contributed by atoms with E-state index >= 15 is 0 Å². The van der Waals surface area contributed by atoms with Crippen LogP contribution in [0.15, 0.2) is 29.2 Å². The minimum absolute atomic E-state index is 0.00613. The molecule has 2 N–H and O–H groups in total. The Morgan fingerprint density at radius 2 is 2.21 bits per heavy atom. The average molecular weight is 351 g/mol. The molecule has 1 unspecified atom stereocenters. The van der Waals surface area contributed by atoms with Gasteiger partial charge in [0.15, 0.2) is 0 Å². The molecule has 0 aliphatic carbocycles. The van der Waals surface area contributed by atoms with E-state index in [9.17, 15) is 9.59 Å². The molecule has 0 radical (unpaired) electrons. The first-order valence-corrected chi connectivity index (χ1v) is 9.30. The number of carbonyl (C=O) groups is 2. The second-order valence-corrected chi connectivity index (χ2v) is 6.52. The molecule has 2 rings (SSSR count). The predicted molar refractivity (Wildman–Crippen MR) is 96.4 cm³/mol. The van der Waals surface area contributed by atoms with E-state index in [2.05, 4.69) is 10.6 Å². The Balaban J connectivity index is 1.81. The van der Waals surface area contributed by atoms with Crippen molar-refractivity contribution in [3.8, 4) is 0 Å². The Morgan fingerprint density at radius 3 is 2.96 bits per heavy atom. The lowest BCUT2D eigenvalue weighted by molar-refractivity contribution is -0.126. The van der Waals surface area contributed by atoms with Crippen molar-refractivity contribution in [3.05, 3.63) is 24.3 Å². The molecule has 2 amide bonds. The van der Waals surface area contributed by atoms with E-state index < -0.39 is 0 Å². The highest BCUT2D eigenvalue weighted by molar-refractivity contribution is 7.98. The van der Waals surface area contributed by atoms with Crippen molar-refractivity contribution in [3.63, 3.8) is 0 Å². The van der Waals surface area contributed by atoms with Crippen LogP contribution in [0.1, 0.15) is 6.42 Å². The van der Waals surface area contributed by atoms with Crippen LogP contribution >= 0.6 is 11.8 Å². The summed E-state index contributed by atoms with van der Waals surface area (Å²) in [5, 5.41) is 6.06. The number of amides is 2. The highest BCUT2D eigenvalue weighted by Crippen LogP contribution is 2.28. The number of anilines is 1. The van der Waals surface area contributed by atoms with Crippen LogP contribution in [-0.2, 0) is 14.3 Å². The fraction of sp³-hybridized carbons (Fsp3) is 0.529. The third-order valence-corrected chi connectivity index (χ3v) is 4.67. The molecule has 1 saturated heterocycles. The molecule has 24 heavy (non-hydrogen) atoms. The lowest BCUT2D eigenvalue weighted by atomic mass is 10.1. The molecule has 1 fully saturated rings. The van der Waals surface area contributed by atoms with Crippen molar-refractivity contribution in [2.75, 3.05) is 51.1 Å². The Labute approximate surface area is 147 Å². The van der Waals surface area contributed by atoms with Crippen LogP contribution in [0.5, 0.6) is 0 Å². The highest BCUT2D eigenvalue weighted by Gasteiger charge is 2.34. The normalized spacial score (nSPS) is 17.3. The van der Waals surface area contributed by atoms with Crippen LogP contribution in [0.2, 0.25) is 0 Å². The topological polar surface area (TPSA) is 70.7 Å². The van der Waals surface area contributed by atoms with Crippen molar-refractivity contribution < 1.29 is 14.3 Å². The number of hydrogen-bond donors (Lipinski definition) is 2. The van der Waals surface area contributed by atoms with Crippen LogP contribution in [-0.4, -0.2) is 58.0 Å². The second-order valence-electron chi connectivity index (χ2n) is 5.64. The zero-order valence-electron chi connectivity index (χ0n) is 14.2. The van der Waals surface area contributed by atoms with Crippen molar-refractivity contribution in [1.82, 2.24) is 10.6 Å². The number of rotatable bonds is 9. The summed E-state index contributed by atoms with van der Waals surface area (Å²) in [7, 11) is 1.65. The van der Waals surface area contributed by atoms with Gasteiger partial charge in [-0.15, -0.1) is 11.8 Å². The second kappa shape index (κ2) is 9.66. The molecule has 0 saturated carbocycles. The van der Waals surface area contributed by atoms with Gasteiger partial charge in [-0.3, -0.25) is 9.59 Å². The molecule has 1 aliphatic rings. The summed E-state index contributed by atoms with van der Waals surface area (Å²) in [5.41, 5.74) is 0.864. The summed E-state index contributed by atoms with van der Waals surface area (Å²) >= 11 is 1.64. The van der Waals surface area contributed by atoms with Crippen molar-refractivity contribution >= 4 is 29.3 Å². The number of benzene rings is 1. The summed E-state index contributed by atoms with van der Waals surface area (Å²) in [6.45, 7) is 3.09. The molecule has 6 nitrogen and oxygen atoms in total. The smallest absolute Gasteiger partial charge is 0.227 e. The van der Waals surface area contributed by atoms with Gasteiger partial charge in [0.2, 0.25) is 11.8 Å². The maximum Gasteiger partial charge on any atom is 0.227 e. The Hall–Kier alpha value is -1.57. The molecule has 7 heteroatoms. The molecule has 0 aromatic heterocycles. The van der Waals surface area contributed by atoms with E-state index in [0.717, 1.165) is 17.1 Å². The third-order valence-electron chi connectivity index (χ3n) is 3.94. The predicted octanol–water partition coefficient (Wildman–Crippen LogP) is 1.11. The lowest BCUT2D eigenvalue weighted by Crippen LogP contribution is -2.37. The van der Waals surface area contributed by atoms with E-state index in [0.29, 0.717) is 26.2 Å². The first-order valence-electron chi connectivity index (χ1n) is 8.07. The Morgan fingerprint density at radius 1 is 1.38 bits per heavy atom. The number of methoxy groups -OCH3 is 1. The van der Waals surface area contributed by atoms with Gasteiger partial charge >= 0.3 is 0 Å². The monoisotopic (exact) mass is 351 g/mol. The van der Waals surface area contributed by atoms with E-state index in [1.807, 2.05) is 30.5 Å². The molecule has 1 aliphatic heterocycles. The zero-order chi connectivity index (χ0) is 17.4. The summed E-state index contributed by atoms with van der Waals surface area (Å²) in [4.78, 5) is 27.3. The standard InChI is InChI=1S/C17H25N3O3S/c1-23-9-8-18-6-7-19-17(22)13-10-16(21)20(12-13)14-4-3-5-15(11-14)24-2/h3-5,11,13,18H,6-10,12H2,1-2H3,(H,19,22). The number of ether oxygens (including phenoxy) is 1. The van der Waals surface area contributed by atoms with Gasteiger partial charge in [-0.25, -0.2) is 0 Å². The van der Waals surface area contributed by atoms with Crippen LogP contribution in [0.25, 0.3) is 0 Å². The van der Waals surface area contributed by atoms with E-state index in [4.69, 9.17) is 4.74 Å². The van der Waals surface area contributed by atoms with Crippen LogP contribution < -0.4 is 15.5 Å². The molecular weight excluding hydrogens is 326 g/mol. The summed E-state index contributed by atoms with van der Waals surface area (Å²) in [6, 6.07) is 7.85. The summed E-state index contributed by atoms with van der Waals surface area (Å²) in [6.07, 6.45) is 2.27. The Kier molecular flexibility index (Phi) is 7.55. The largest absolute Gasteiger partial charge is 0.383 e. The quantitative estimate of drug-likeness (QED) is 0.515. The minimum Gasteiger partial charge on any atom is -0.383 e. The fourth-order valence-electron chi connectivity index (χ4n) is 2.63. The van der Waals surface area contributed by atoms with Gasteiger partial charge in [0.05, 0.1) is 12.5 Å². The molecule has 132 valence electrons. The maximum atomic E-state index is 12.3. The highest BCUT2D eigenvalue weighted by atomic mass is 32.2. The van der Waals surface area contributed by atoms with Crippen LogP contribution in [0.3, 0.4) is 0 Å². The minimum atomic E-state index is -0.283. The molecule has 0 spiro atoms. The molecule has 1 heterocycles. The molecule has 1 atom stereocenters. The molecular formula is C17H25N3O3S. The van der Waals surface area contributed by atoms with Gasteiger partial charge in [-0.1, -0.05) is 6.07 Å². The van der Waals surface area contributed by atoms with Crippen LogP contribution in [0, 0.1) is 5.92 Å². The van der Waals surface area contributed by atoms with Gasteiger partial charge in [0.25, 0.3) is 0 Å². The van der Waals surface area contributed by atoms with Crippen molar-refractivity contribution in [1.29, 1.82) is 0 Å². The molecule has 1 aromatic rings. The number of carbonyl (C=O) groups excluding carboxylic acids is 2. The number of nitrogens with zero attached hydrogens (tertiary/aromatic N) is 1. The number of nitrogens with one attached hydrogen (secondary N) is 2. The molecule has 0 bridgehead atoms. The van der Waals surface area contributed by atoms with Crippen molar-refractivity contribution in [2.24, 2.45) is 5.92 Å². The Bertz CT molecular complexity index is 568. The van der Waals surface area contributed by atoms with Crippen LogP contribution in [0.4, 0.5) is 5.69 Å². The van der Waals surface area contributed by atoms with Gasteiger partial charge in [-0.05, 0) is 24.5 Å². The van der Waals surface area contributed by atoms with Gasteiger partial charge < -0.3 is 20.3 Å². The zero-order valence-corrected chi connectivity index (χ0v) is 15.0. The van der Waals surface area contributed by atoms with Crippen molar-refractivity contribution in [2.45, 2.75) is 11.3 Å². The molecule has 1 aromatic carbocycles. The third kappa shape index (κ3) is 5.22.